The van der Waals surface area contributed by atoms with Crippen LogP contribution in [0.4, 0.5) is 5.69 Å². The van der Waals surface area contributed by atoms with E-state index in [1.165, 1.54) is 0 Å². The number of hydrogen-bond donors (Lipinski definition) is 1. The van der Waals surface area contributed by atoms with E-state index in [9.17, 15) is 0 Å². The van der Waals surface area contributed by atoms with E-state index in [0.717, 1.165) is 20.9 Å². The number of hydrogen-bond acceptors (Lipinski definition) is 4. The average molecular weight is 308 g/mol. The Morgan fingerprint density at radius 1 is 1.53 bits per heavy atom. The molecule has 2 rings (SSSR count). The predicted octanol–water partition coefficient (Wildman–Crippen LogP) is 3.70. The van der Waals surface area contributed by atoms with Gasteiger partial charge in [0.25, 0.3) is 0 Å². The number of aromatic nitrogens is 1. The Balaban J connectivity index is 2.05. The maximum atomic E-state index is 8.81. The molecule has 0 radical (unpaired) electrons. The lowest BCUT2D eigenvalue weighted by molar-refractivity contribution is 1.08. The van der Waals surface area contributed by atoms with Crippen molar-refractivity contribution >= 4 is 33.0 Å². The maximum absolute atomic E-state index is 8.81. The van der Waals surface area contributed by atoms with Crippen LogP contribution in [0.1, 0.15) is 16.3 Å². The van der Waals surface area contributed by atoms with Gasteiger partial charge in [0, 0.05) is 21.2 Å². The highest BCUT2D eigenvalue weighted by molar-refractivity contribution is 9.10. The topological polar surface area (TPSA) is 48.7 Å². The smallest absolute Gasteiger partial charge is 0.112 e. The first kappa shape index (κ1) is 12.1. The zero-order valence-electron chi connectivity index (χ0n) is 9.20. The molecule has 0 bridgehead atoms. The van der Waals surface area contributed by atoms with Crippen molar-refractivity contribution in [2.24, 2.45) is 0 Å². The normalized spacial score (nSPS) is 9.94. The van der Waals surface area contributed by atoms with Crippen LogP contribution in [0.5, 0.6) is 0 Å². The monoisotopic (exact) mass is 307 g/mol. The molecule has 0 spiro atoms. The lowest BCUT2D eigenvalue weighted by Gasteiger charge is -2.05. The zero-order chi connectivity index (χ0) is 12.3. The molecular formula is C12H10BrN3S. The molecule has 3 nitrogen and oxygen atoms in total. The Kier molecular flexibility index (Phi) is 3.77. The van der Waals surface area contributed by atoms with Gasteiger partial charge in [-0.15, -0.1) is 11.3 Å². The molecule has 0 saturated carbocycles. The van der Waals surface area contributed by atoms with Crippen LogP contribution in [-0.2, 0) is 6.54 Å². The third-order valence-electron chi connectivity index (χ3n) is 2.20. The van der Waals surface area contributed by atoms with Gasteiger partial charge in [-0.3, -0.25) is 0 Å². The number of rotatable bonds is 3. The molecule has 2 aromatic rings. The number of aryl methyl sites for hydroxylation is 1. The van der Waals surface area contributed by atoms with Crippen LogP contribution in [0.15, 0.2) is 28.1 Å². The summed E-state index contributed by atoms with van der Waals surface area (Å²) in [5.41, 5.74) is 2.66. The first-order chi connectivity index (χ1) is 8.19. The SMILES string of the molecule is Cc1csc(CNc2ccc(C#N)c(Br)c2)n1. The van der Waals surface area contributed by atoms with Crippen molar-refractivity contribution in [3.05, 3.63) is 44.3 Å². The van der Waals surface area contributed by atoms with Gasteiger partial charge in [-0.25, -0.2) is 4.98 Å². The summed E-state index contributed by atoms with van der Waals surface area (Å²) in [5.74, 6) is 0. The summed E-state index contributed by atoms with van der Waals surface area (Å²) in [7, 11) is 0. The van der Waals surface area contributed by atoms with Gasteiger partial charge < -0.3 is 5.32 Å². The molecule has 1 heterocycles. The summed E-state index contributed by atoms with van der Waals surface area (Å²) in [5, 5.41) is 15.2. The Bertz CT molecular complexity index is 571. The van der Waals surface area contributed by atoms with E-state index in [2.05, 4.69) is 32.3 Å². The third-order valence-corrected chi connectivity index (χ3v) is 3.82. The zero-order valence-corrected chi connectivity index (χ0v) is 11.6. The minimum atomic E-state index is 0.639. The number of nitrogens with one attached hydrogen (secondary N) is 1. The molecule has 0 aliphatic carbocycles. The number of anilines is 1. The van der Waals surface area contributed by atoms with Crippen molar-refractivity contribution in [2.75, 3.05) is 5.32 Å². The fourth-order valence-corrected chi connectivity index (χ4v) is 2.56. The molecule has 1 aromatic carbocycles. The summed E-state index contributed by atoms with van der Waals surface area (Å²) in [6.07, 6.45) is 0. The standard InChI is InChI=1S/C12H10BrN3S/c1-8-7-17-12(16-8)6-15-10-3-2-9(5-14)11(13)4-10/h2-4,7,15H,6H2,1H3. The quantitative estimate of drug-likeness (QED) is 0.940. The van der Waals surface area contributed by atoms with E-state index in [1.54, 1.807) is 17.4 Å². The summed E-state index contributed by atoms with van der Waals surface area (Å²) in [6, 6.07) is 7.70. The lowest BCUT2D eigenvalue weighted by atomic mass is 10.2. The van der Waals surface area contributed by atoms with E-state index in [-0.39, 0.29) is 0 Å². The molecule has 17 heavy (non-hydrogen) atoms. The minimum Gasteiger partial charge on any atom is -0.378 e. The van der Waals surface area contributed by atoms with Gasteiger partial charge in [0.2, 0.25) is 0 Å². The van der Waals surface area contributed by atoms with E-state index < -0.39 is 0 Å². The van der Waals surface area contributed by atoms with Crippen molar-refractivity contribution in [3.8, 4) is 6.07 Å². The average Bonchev–Trinajstić information content (AvgIpc) is 2.73. The lowest BCUT2D eigenvalue weighted by Crippen LogP contribution is -1.99. The Morgan fingerprint density at radius 2 is 2.35 bits per heavy atom. The summed E-state index contributed by atoms with van der Waals surface area (Å²) in [4.78, 5) is 4.37. The van der Waals surface area contributed by atoms with Gasteiger partial charge in [-0.1, -0.05) is 0 Å². The molecule has 86 valence electrons. The summed E-state index contributed by atoms with van der Waals surface area (Å²) in [6.45, 7) is 2.69. The largest absolute Gasteiger partial charge is 0.378 e. The van der Waals surface area contributed by atoms with E-state index in [1.807, 2.05) is 24.4 Å². The first-order valence-corrected chi connectivity index (χ1v) is 6.71. The van der Waals surface area contributed by atoms with Gasteiger partial charge in [0.05, 0.1) is 12.1 Å². The predicted molar refractivity (Wildman–Crippen MR) is 73.0 cm³/mol. The summed E-state index contributed by atoms with van der Waals surface area (Å²) >= 11 is 5.01. The van der Waals surface area contributed by atoms with E-state index in [0.29, 0.717) is 12.1 Å². The highest BCUT2D eigenvalue weighted by atomic mass is 79.9. The maximum Gasteiger partial charge on any atom is 0.112 e. The van der Waals surface area contributed by atoms with Gasteiger partial charge in [0.15, 0.2) is 0 Å². The molecular weight excluding hydrogens is 298 g/mol. The molecule has 0 aliphatic rings. The number of benzene rings is 1. The molecule has 1 N–H and O–H groups in total. The van der Waals surface area contributed by atoms with Crippen molar-refractivity contribution in [1.29, 1.82) is 5.26 Å². The minimum absolute atomic E-state index is 0.639. The van der Waals surface area contributed by atoms with Gasteiger partial charge >= 0.3 is 0 Å². The second kappa shape index (κ2) is 5.30. The number of nitriles is 1. The Labute approximate surface area is 112 Å². The van der Waals surface area contributed by atoms with Crippen molar-refractivity contribution < 1.29 is 0 Å². The highest BCUT2D eigenvalue weighted by Crippen LogP contribution is 2.21. The van der Waals surface area contributed by atoms with Crippen LogP contribution < -0.4 is 5.32 Å². The van der Waals surface area contributed by atoms with Crippen molar-refractivity contribution in [1.82, 2.24) is 4.98 Å². The molecule has 0 fully saturated rings. The number of thiazole rings is 1. The van der Waals surface area contributed by atoms with Crippen LogP contribution in [0.25, 0.3) is 0 Å². The third kappa shape index (κ3) is 3.05. The fraction of sp³-hybridized carbons (Fsp3) is 0.167. The fourth-order valence-electron chi connectivity index (χ4n) is 1.38. The molecule has 0 aliphatic heterocycles. The highest BCUT2D eigenvalue weighted by Gasteiger charge is 2.02. The van der Waals surface area contributed by atoms with Crippen molar-refractivity contribution in [3.63, 3.8) is 0 Å². The Morgan fingerprint density at radius 3 is 2.94 bits per heavy atom. The molecule has 1 aromatic heterocycles. The van der Waals surface area contributed by atoms with Crippen molar-refractivity contribution in [2.45, 2.75) is 13.5 Å². The molecule has 0 atom stereocenters. The van der Waals surface area contributed by atoms with Gasteiger partial charge in [-0.2, -0.15) is 5.26 Å². The van der Waals surface area contributed by atoms with Gasteiger partial charge in [-0.05, 0) is 41.1 Å². The second-order valence-electron chi connectivity index (χ2n) is 3.54. The summed E-state index contributed by atoms with van der Waals surface area (Å²) < 4.78 is 0.806. The first-order valence-electron chi connectivity index (χ1n) is 5.03. The van der Waals surface area contributed by atoms with Crippen LogP contribution in [0.2, 0.25) is 0 Å². The van der Waals surface area contributed by atoms with Crippen LogP contribution in [-0.4, -0.2) is 4.98 Å². The molecule has 0 unspecified atom stereocenters. The molecule has 0 saturated heterocycles. The van der Waals surface area contributed by atoms with Gasteiger partial charge in [0.1, 0.15) is 11.1 Å². The van der Waals surface area contributed by atoms with E-state index >= 15 is 0 Å². The number of halogens is 1. The second-order valence-corrected chi connectivity index (χ2v) is 5.34. The van der Waals surface area contributed by atoms with Crippen LogP contribution >= 0.6 is 27.3 Å². The Hall–Kier alpha value is -1.38. The van der Waals surface area contributed by atoms with E-state index in [4.69, 9.17) is 5.26 Å². The molecule has 0 amide bonds. The van der Waals surface area contributed by atoms with Crippen LogP contribution in [0.3, 0.4) is 0 Å². The van der Waals surface area contributed by atoms with Crippen LogP contribution in [0, 0.1) is 18.3 Å². The molecule has 5 heteroatoms. The number of nitrogens with zero attached hydrogens (tertiary/aromatic N) is 2.